The molecule has 0 spiro atoms. The molecule has 3 N–H and O–H groups in total. The van der Waals surface area contributed by atoms with Crippen LogP contribution >= 0.6 is 0 Å². The molecule has 1 aliphatic carbocycles. The second-order valence-corrected chi connectivity index (χ2v) is 5.28. The molecule has 0 atom stereocenters. The summed E-state index contributed by atoms with van der Waals surface area (Å²) < 4.78 is 43.7. The van der Waals surface area contributed by atoms with Crippen LogP contribution < -0.4 is 5.73 Å². The van der Waals surface area contributed by atoms with Crippen molar-refractivity contribution in [1.29, 1.82) is 5.26 Å². The van der Waals surface area contributed by atoms with Crippen LogP contribution in [0.2, 0.25) is 0 Å². The number of carbonyl (C=O) groups is 2. The lowest BCUT2D eigenvalue weighted by Crippen LogP contribution is -2.37. The van der Waals surface area contributed by atoms with Gasteiger partial charge in [0, 0.05) is 6.20 Å². The lowest BCUT2D eigenvalue weighted by Gasteiger charge is -2.31. The van der Waals surface area contributed by atoms with E-state index < -0.39 is 40.9 Å². The third-order valence-corrected chi connectivity index (χ3v) is 3.83. The van der Waals surface area contributed by atoms with Gasteiger partial charge in [-0.3, -0.25) is 9.79 Å². The van der Waals surface area contributed by atoms with E-state index >= 15 is 0 Å². The highest BCUT2D eigenvalue weighted by molar-refractivity contribution is 6.21. The number of hydrogen-bond donors (Lipinski definition) is 2. The van der Waals surface area contributed by atoms with Crippen molar-refractivity contribution in [2.45, 2.75) is 37.9 Å². The number of nitrogens with zero attached hydrogens (tertiary/aromatic N) is 2. The molecule has 0 unspecified atom stereocenters. The molecule has 0 aromatic heterocycles. The molecule has 1 fully saturated rings. The third kappa shape index (κ3) is 4.04. The van der Waals surface area contributed by atoms with Crippen molar-refractivity contribution in [2.24, 2.45) is 16.1 Å². The van der Waals surface area contributed by atoms with Crippen molar-refractivity contribution in [1.82, 2.24) is 0 Å². The molecule has 0 aromatic carbocycles. The number of carboxylic acids is 1. The number of halogens is 3. The number of ether oxygens (including phenoxy) is 1. The van der Waals surface area contributed by atoms with Crippen LogP contribution in [0.3, 0.4) is 0 Å². The Bertz CT molecular complexity index is 612. The number of aliphatic imine (C=N–C) groups is 1. The number of esters is 1. The molecule has 132 valence electrons. The van der Waals surface area contributed by atoms with Crippen LogP contribution in [0.4, 0.5) is 13.2 Å². The largest absolute Gasteiger partial charge is 0.478 e. The molecule has 1 aliphatic rings. The van der Waals surface area contributed by atoms with Gasteiger partial charge in [0.2, 0.25) is 0 Å². The van der Waals surface area contributed by atoms with Crippen molar-refractivity contribution in [3.63, 3.8) is 0 Å². The smallest absolute Gasteiger partial charge is 0.433 e. The number of hydrogen-bond acceptors (Lipinski definition) is 6. The van der Waals surface area contributed by atoms with Gasteiger partial charge in [-0.15, -0.1) is 0 Å². The van der Waals surface area contributed by atoms with Crippen molar-refractivity contribution >= 4 is 17.7 Å². The maximum Gasteiger partial charge on any atom is 0.433 e. The minimum absolute atomic E-state index is 0.0136. The summed E-state index contributed by atoms with van der Waals surface area (Å²) in [5, 5.41) is 18.0. The van der Waals surface area contributed by atoms with E-state index in [0.717, 1.165) is 7.11 Å². The van der Waals surface area contributed by atoms with Crippen LogP contribution in [-0.4, -0.2) is 42.1 Å². The predicted molar refractivity (Wildman–Crippen MR) is 75.7 cm³/mol. The van der Waals surface area contributed by atoms with E-state index in [4.69, 9.17) is 16.1 Å². The van der Waals surface area contributed by atoms with Gasteiger partial charge < -0.3 is 15.6 Å². The minimum Gasteiger partial charge on any atom is -0.478 e. The summed E-state index contributed by atoms with van der Waals surface area (Å²) in [6, 6.07) is 0.981. The number of rotatable bonds is 4. The van der Waals surface area contributed by atoms with E-state index in [-0.39, 0.29) is 25.7 Å². The van der Waals surface area contributed by atoms with Crippen LogP contribution in [0.25, 0.3) is 0 Å². The number of carboxylic acid groups (broad SMARTS) is 1. The zero-order valence-corrected chi connectivity index (χ0v) is 12.8. The molecule has 0 bridgehead atoms. The molecule has 0 aliphatic heterocycles. The third-order valence-electron chi connectivity index (χ3n) is 3.83. The Morgan fingerprint density at radius 3 is 2.29 bits per heavy atom. The van der Waals surface area contributed by atoms with E-state index in [9.17, 15) is 22.8 Å². The fourth-order valence-corrected chi connectivity index (χ4v) is 2.51. The van der Waals surface area contributed by atoms with E-state index in [1.54, 1.807) is 0 Å². The Morgan fingerprint density at radius 2 is 1.96 bits per heavy atom. The topological polar surface area (TPSA) is 126 Å². The number of methoxy groups -OCH3 is 1. The summed E-state index contributed by atoms with van der Waals surface area (Å²) in [6.07, 6.45) is -4.67. The Morgan fingerprint density at radius 1 is 1.42 bits per heavy atom. The number of nitriles is 1. The molecule has 1 rings (SSSR count). The first-order chi connectivity index (χ1) is 11.1. The summed E-state index contributed by atoms with van der Waals surface area (Å²) in [7, 11) is 1.12. The van der Waals surface area contributed by atoms with E-state index in [0.29, 0.717) is 6.20 Å². The fourth-order valence-electron chi connectivity index (χ4n) is 2.51. The average molecular weight is 347 g/mol. The molecule has 0 aromatic rings. The van der Waals surface area contributed by atoms with Gasteiger partial charge in [0.05, 0.1) is 19.2 Å². The Hall–Kier alpha value is -2.57. The lowest BCUT2D eigenvalue weighted by molar-refractivity contribution is -0.151. The van der Waals surface area contributed by atoms with Crippen molar-refractivity contribution in [3.8, 4) is 6.07 Å². The Balaban J connectivity index is 3.07. The van der Waals surface area contributed by atoms with Crippen molar-refractivity contribution in [2.75, 3.05) is 7.11 Å². The molecular formula is C14H16F3N3O4. The lowest BCUT2D eigenvalue weighted by atomic mass is 9.73. The normalized spacial score (nSPS) is 25.7. The van der Waals surface area contributed by atoms with E-state index in [2.05, 4.69) is 9.73 Å². The highest BCUT2D eigenvalue weighted by atomic mass is 19.4. The minimum atomic E-state index is -4.99. The predicted octanol–water partition coefficient (Wildman–Crippen LogP) is 1.54. The van der Waals surface area contributed by atoms with Gasteiger partial charge in [-0.2, -0.15) is 18.4 Å². The second-order valence-electron chi connectivity index (χ2n) is 5.28. The summed E-state index contributed by atoms with van der Waals surface area (Å²) in [5.41, 5.74) is 0.842. The molecule has 0 radical (unpaired) electrons. The quantitative estimate of drug-likeness (QED) is 0.451. The van der Waals surface area contributed by atoms with Gasteiger partial charge in [-0.05, 0) is 25.7 Å². The molecule has 0 amide bonds. The van der Waals surface area contributed by atoms with Gasteiger partial charge >= 0.3 is 18.1 Å². The maximum atomic E-state index is 13.1. The molecule has 0 heterocycles. The van der Waals surface area contributed by atoms with Crippen LogP contribution in [-0.2, 0) is 14.3 Å². The highest BCUT2D eigenvalue weighted by Gasteiger charge is 2.45. The van der Waals surface area contributed by atoms with Gasteiger partial charge in [-0.25, -0.2) is 4.79 Å². The molecule has 7 nitrogen and oxygen atoms in total. The zero-order valence-electron chi connectivity index (χ0n) is 12.8. The van der Waals surface area contributed by atoms with Gasteiger partial charge in [-0.1, -0.05) is 0 Å². The summed E-state index contributed by atoms with van der Waals surface area (Å²) in [5.74, 6) is -2.58. The standard InChI is InChI=1S/C14H16F3N3O4/c1-24-12(23)13(7-19)4-2-8(3-5-13)20-10(14(15,16)17)9(6-18)11(21)22/h6,8H,2-5,18H2,1H3,(H,21,22). The van der Waals surface area contributed by atoms with Crippen molar-refractivity contribution < 1.29 is 32.6 Å². The molecule has 1 saturated carbocycles. The Labute approximate surface area is 135 Å². The fraction of sp³-hybridized carbons (Fsp3) is 0.571. The van der Waals surface area contributed by atoms with Gasteiger partial charge in [0.1, 0.15) is 5.57 Å². The average Bonchev–Trinajstić information content (AvgIpc) is 2.53. The SMILES string of the molecule is COC(=O)C1(C#N)CCC(N=C(C(=CN)C(=O)O)C(F)(F)F)CC1. The maximum absolute atomic E-state index is 13.1. The monoisotopic (exact) mass is 347 g/mol. The number of alkyl halides is 3. The van der Waals surface area contributed by atoms with Crippen LogP contribution in [0.15, 0.2) is 16.8 Å². The second kappa shape index (κ2) is 7.33. The first kappa shape index (κ1) is 19.5. The first-order valence-electron chi connectivity index (χ1n) is 6.91. The number of carbonyl (C=O) groups excluding carboxylic acids is 1. The van der Waals surface area contributed by atoms with Crippen LogP contribution in [0.5, 0.6) is 0 Å². The van der Waals surface area contributed by atoms with Gasteiger partial charge in [0.15, 0.2) is 11.1 Å². The molecular weight excluding hydrogens is 331 g/mol. The van der Waals surface area contributed by atoms with E-state index in [1.165, 1.54) is 0 Å². The molecule has 24 heavy (non-hydrogen) atoms. The highest BCUT2D eigenvalue weighted by Crippen LogP contribution is 2.38. The summed E-state index contributed by atoms with van der Waals surface area (Å²) >= 11 is 0. The van der Waals surface area contributed by atoms with Gasteiger partial charge in [0.25, 0.3) is 0 Å². The van der Waals surface area contributed by atoms with E-state index in [1.807, 2.05) is 6.07 Å². The first-order valence-corrected chi connectivity index (χ1v) is 6.91. The number of aliphatic carboxylic acids is 1. The zero-order chi connectivity index (χ0) is 18.5. The Kier molecular flexibility index (Phi) is 5.95. The van der Waals surface area contributed by atoms with Crippen molar-refractivity contribution in [3.05, 3.63) is 11.8 Å². The van der Waals surface area contributed by atoms with Crippen LogP contribution in [0, 0.1) is 16.7 Å². The molecule has 0 saturated heterocycles. The summed E-state index contributed by atoms with van der Waals surface area (Å²) in [4.78, 5) is 26.1. The number of nitrogens with two attached hydrogens (primary N) is 1. The molecule has 10 heteroatoms. The van der Waals surface area contributed by atoms with Crippen LogP contribution in [0.1, 0.15) is 25.7 Å². The summed E-state index contributed by atoms with van der Waals surface area (Å²) in [6.45, 7) is 0.